The van der Waals surface area contributed by atoms with Crippen LogP contribution in [0.1, 0.15) is 18.5 Å². The van der Waals surface area contributed by atoms with Crippen LogP contribution in [0.4, 0.5) is 5.69 Å². The lowest BCUT2D eigenvalue weighted by atomic mass is 9.68. The Balaban J connectivity index is 1.76. The van der Waals surface area contributed by atoms with Gasteiger partial charge in [-0.05, 0) is 25.8 Å². The molecule has 0 amide bonds. The van der Waals surface area contributed by atoms with E-state index in [9.17, 15) is 0 Å². The lowest BCUT2D eigenvalue weighted by Crippen LogP contribution is -2.69. The third-order valence-electron chi connectivity index (χ3n) is 4.22. The molecule has 1 aliphatic heterocycles. The highest BCUT2D eigenvalue weighted by Crippen LogP contribution is 2.39. The zero-order chi connectivity index (χ0) is 13.4. The predicted molar refractivity (Wildman–Crippen MR) is 73.4 cm³/mol. The van der Waals surface area contributed by atoms with Crippen molar-refractivity contribution in [3.63, 3.8) is 0 Å². The van der Waals surface area contributed by atoms with E-state index in [0.717, 1.165) is 30.2 Å². The molecule has 104 valence electrons. The van der Waals surface area contributed by atoms with E-state index in [1.54, 1.807) is 13.3 Å². The molecule has 1 aromatic heterocycles. The van der Waals surface area contributed by atoms with Crippen molar-refractivity contribution in [3.8, 4) is 5.75 Å². The number of nitrogens with two attached hydrogens (primary N) is 1. The normalized spacial score (nSPS) is 33.2. The van der Waals surface area contributed by atoms with Gasteiger partial charge in [0.2, 0.25) is 0 Å². The van der Waals surface area contributed by atoms with Gasteiger partial charge in [0.05, 0.1) is 31.1 Å². The monoisotopic (exact) mass is 263 g/mol. The van der Waals surface area contributed by atoms with Gasteiger partial charge in [-0.25, -0.2) is 0 Å². The molecule has 2 fully saturated rings. The van der Waals surface area contributed by atoms with E-state index in [1.165, 1.54) is 6.42 Å². The second-order valence-electron chi connectivity index (χ2n) is 5.41. The molecule has 1 aromatic rings. The third-order valence-corrected chi connectivity index (χ3v) is 4.22. The van der Waals surface area contributed by atoms with Crippen molar-refractivity contribution in [2.45, 2.75) is 38.0 Å². The quantitative estimate of drug-likeness (QED) is 0.860. The van der Waals surface area contributed by atoms with Crippen LogP contribution >= 0.6 is 0 Å². The minimum absolute atomic E-state index is 0.156. The van der Waals surface area contributed by atoms with Crippen molar-refractivity contribution in [2.75, 3.05) is 19.0 Å². The lowest BCUT2D eigenvalue weighted by Gasteiger charge is -2.52. The van der Waals surface area contributed by atoms with Gasteiger partial charge in [-0.15, -0.1) is 0 Å². The van der Waals surface area contributed by atoms with Crippen LogP contribution in [0.2, 0.25) is 0 Å². The molecule has 5 heteroatoms. The van der Waals surface area contributed by atoms with Crippen LogP contribution in [-0.2, 0) is 4.74 Å². The van der Waals surface area contributed by atoms with Gasteiger partial charge in [-0.1, -0.05) is 0 Å². The summed E-state index contributed by atoms with van der Waals surface area (Å²) in [5, 5.41) is 3.47. The fraction of sp³-hybridized carbons (Fsp3) is 0.643. The Morgan fingerprint density at radius 2 is 2.37 bits per heavy atom. The van der Waals surface area contributed by atoms with E-state index in [4.69, 9.17) is 15.2 Å². The number of aromatic nitrogens is 1. The number of fused-ring (bicyclic) bond motifs is 1. The summed E-state index contributed by atoms with van der Waals surface area (Å²) < 4.78 is 11.2. The van der Waals surface area contributed by atoms with E-state index in [2.05, 4.69) is 10.3 Å². The summed E-state index contributed by atoms with van der Waals surface area (Å²) in [5.74, 6) is 1.25. The summed E-state index contributed by atoms with van der Waals surface area (Å²) >= 11 is 0. The maximum atomic E-state index is 6.26. The number of anilines is 1. The SMILES string of the molecule is COc1cnc(C)cc1NC1C(N)C2CCCOC21. The van der Waals surface area contributed by atoms with Gasteiger partial charge < -0.3 is 20.5 Å². The zero-order valence-corrected chi connectivity index (χ0v) is 11.4. The number of pyridine rings is 1. The van der Waals surface area contributed by atoms with Crippen LogP contribution in [0.3, 0.4) is 0 Å². The van der Waals surface area contributed by atoms with Crippen molar-refractivity contribution in [3.05, 3.63) is 18.0 Å². The lowest BCUT2D eigenvalue weighted by molar-refractivity contribution is -0.104. The van der Waals surface area contributed by atoms with Gasteiger partial charge in [0.1, 0.15) is 0 Å². The summed E-state index contributed by atoms with van der Waals surface area (Å²) in [6.07, 6.45) is 4.28. The van der Waals surface area contributed by atoms with E-state index < -0.39 is 0 Å². The van der Waals surface area contributed by atoms with Crippen LogP contribution in [0.25, 0.3) is 0 Å². The molecular formula is C14H21N3O2. The van der Waals surface area contributed by atoms with Gasteiger partial charge in [-0.2, -0.15) is 0 Å². The molecule has 1 saturated carbocycles. The number of hydrogen-bond acceptors (Lipinski definition) is 5. The highest BCUT2D eigenvalue weighted by atomic mass is 16.5. The first-order valence-corrected chi connectivity index (χ1v) is 6.85. The van der Waals surface area contributed by atoms with Crippen LogP contribution in [0.5, 0.6) is 5.75 Å². The van der Waals surface area contributed by atoms with Crippen LogP contribution < -0.4 is 15.8 Å². The summed E-state index contributed by atoms with van der Waals surface area (Å²) in [6.45, 7) is 2.81. The van der Waals surface area contributed by atoms with Crippen molar-refractivity contribution < 1.29 is 9.47 Å². The zero-order valence-electron chi connectivity index (χ0n) is 11.4. The molecule has 3 N–H and O–H groups in total. The number of hydrogen-bond donors (Lipinski definition) is 2. The molecule has 0 spiro atoms. The average Bonchev–Trinajstić information content (AvgIpc) is 2.44. The highest BCUT2D eigenvalue weighted by Gasteiger charge is 2.50. The minimum Gasteiger partial charge on any atom is -0.493 e. The van der Waals surface area contributed by atoms with Gasteiger partial charge in [0, 0.05) is 24.3 Å². The van der Waals surface area contributed by atoms with E-state index in [1.807, 2.05) is 13.0 Å². The Hall–Kier alpha value is -1.33. The smallest absolute Gasteiger partial charge is 0.160 e. The molecule has 19 heavy (non-hydrogen) atoms. The molecule has 1 saturated heterocycles. The number of rotatable bonds is 3. The fourth-order valence-electron chi connectivity index (χ4n) is 3.13. The van der Waals surface area contributed by atoms with Gasteiger partial charge in [0.25, 0.3) is 0 Å². The summed E-state index contributed by atoms with van der Waals surface area (Å²) in [4.78, 5) is 4.23. The maximum Gasteiger partial charge on any atom is 0.160 e. The average molecular weight is 263 g/mol. The molecular weight excluding hydrogens is 242 g/mol. The van der Waals surface area contributed by atoms with Crippen molar-refractivity contribution in [2.24, 2.45) is 11.7 Å². The molecule has 1 aliphatic carbocycles. The van der Waals surface area contributed by atoms with E-state index >= 15 is 0 Å². The Bertz CT molecular complexity index is 466. The first-order valence-electron chi connectivity index (χ1n) is 6.85. The molecule has 4 atom stereocenters. The second-order valence-corrected chi connectivity index (χ2v) is 5.41. The molecule has 2 heterocycles. The standard InChI is InChI=1S/C14H21N3O2/c1-8-6-10(11(18-2)7-16-8)17-13-12(15)9-4-3-5-19-14(9)13/h6-7,9,12-14H,3-5,15H2,1-2H3,(H,16,17). The highest BCUT2D eigenvalue weighted by molar-refractivity contribution is 5.57. The number of nitrogens with zero attached hydrogens (tertiary/aromatic N) is 1. The van der Waals surface area contributed by atoms with Crippen molar-refractivity contribution >= 4 is 5.69 Å². The molecule has 2 aliphatic rings. The number of nitrogens with one attached hydrogen (secondary N) is 1. The summed E-state index contributed by atoms with van der Waals surface area (Å²) in [5.41, 5.74) is 8.16. The topological polar surface area (TPSA) is 69.4 Å². The Morgan fingerprint density at radius 3 is 3.16 bits per heavy atom. The minimum atomic E-state index is 0.156. The molecule has 4 unspecified atom stereocenters. The van der Waals surface area contributed by atoms with Gasteiger partial charge >= 0.3 is 0 Å². The first kappa shape index (κ1) is 12.7. The fourth-order valence-corrected chi connectivity index (χ4v) is 3.13. The Morgan fingerprint density at radius 1 is 1.53 bits per heavy atom. The van der Waals surface area contributed by atoms with Gasteiger partial charge in [0.15, 0.2) is 5.75 Å². The van der Waals surface area contributed by atoms with Gasteiger partial charge in [-0.3, -0.25) is 4.98 Å². The second kappa shape index (κ2) is 4.98. The number of aryl methyl sites for hydroxylation is 1. The number of methoxy groups -OCH3 is 1. The largest absolute Gasteiger partial charge is 0.493 e. The predicted octanol–water partition coefficient (Wildman–Crippen LogP) is 1.32. The molecule has 0 radical (unpaired) electrons. The van der Waals surface area contributed by atoms with Crippen LogP contribution in [0, 0.1) is 12.8 Å². The summed E-state index contributed by atoms with van der Waals surface area (Å²) in [6, 6.07) is 2.31. The summed E-state index contributed by atoms with van der Waals surface area (Å²) in [7, 11) is 1.65. The first-order chi connectivity index (χ1) is 9.20. The Labute approximate surface area is 113 Å². The van der Waals surface area contributed by atoms with Crippen LogP contribution in [0.15, 0.2) is 12.3 Å². The molecule has 3 rings (SSSR count). The van der Waals surface area contributed by atoms with Crippen molar-refractivity contribution in [1.29, 1.82) is 0 Å². The molecule has 5 nitrogen and oxygen atoms in total. The Kier molecular flexibility index (Phi) is 3.33. The maximum absolute atomic E-state index is 6.26. The van der Waals surface area contributed by atoms with E-state index in [-0.39, 0.29) is 18.2 Å². The number of ether oxygens (including phenoxy) is 2. The van der Waals surface area contributed by atoms with Crippen molar-refractivity contribution in [1.82, 2.24) is 4.98 Å². The van der Waals surface area contributed by atoms with Crippen LogP contribution in [-0.4, -0.2) is 36.9 Å². The third kappa shape index (κ3) is 2.17. The van der Waals surface area contributed by atoms with E-state index in [0.29, 0.717) is 5.92 Å². The molecule has 0 bridgehead atoms. The molecule has 0 aromatic carbocycles.